The Balaban J connectivity index is 0. The average molecular weight is 331 g/mol. The van der Waals surface area contributed by atoms with Gasteiger partial charge < -0.3 is 4.74 Å². The largest absolute Gasteiger partial charge is 0.468 e. The summed E-state index contributed by atoms with van der Waals surface area (Å²) in [6, 6.07) is 0. The van der Waals surface area contributed by atoms with E-state index in [1.165, 1.54) is 32.6 Å². The van der Waals surface area contributed by atoms with E-state index in [1.807, 2.05) is 0 Å². The second kappa shape index (κ2) is 11.9. The van der Waals surface area contributed by atoms with Gasteiger partial charge in [0.2, 0.25) is 0 Å². The predicted octanol–water partition coefficient (Wildman–Crippen LogP) is 2.96. The van der Waals surface area contributed by atoms with E-state index >= 15 is 0 Å². The van der Waals surface area contributed by atoms with E-state index in [2.05, 4.69) is 11.7 Å². The van der Waals surface area contributed by atoms with E-state index in [1.54, 1.807) is 0 Å². The minimum Gasteiger partial charge on any atom is -0.468 e. The molecule has 0 aromatic rings. The topological polar surface area (TPSA) is 80.7 Å². The number of ether oxygens (including phenoxy) is 1. The van der Waals surface area contributed by atoms with Gasteiger partial charge in [-0.25, -0.2) is 0 Å². The van der Waals surface area contributed by atoms with Crippen molar-refractivity contribution in [2.75, 3.05) is 7.11 Å². The van der Waals surface area contributed by atoms with Gasteiger partial charge in [0.1, 0.15) is 0 Å². The Morgan fingerprint density at radius 1 is 1.05 bits per heavy atom. The van der Waals surface area contributed by atoms with Gasteiger partial charge in [-0.15, -0.1) is 0 Å². The Morgan fingerprint density at radius 3 is 1.86 bits per heavy atom. The molecule has 0 fully saturated rings. The molecule has 121 valence electrons. The average Bonchev–Trinajstić information content (AvgIpc) is 2.39. The van der Waals surface area contributed by atoms with Crippen LogP contribution < -0.4 is 0 Å². The van der Waals surface area contributed by atoms with Crippen molar-refractivity contribution >= 4 is 45.6 Å². The molecule has 1 unspecified atom stereocenters. The molecule has 0 rings (SSSR count). The maximum absolute atomic E-state index is 11.6. The first-order chi connectivity index (χ1) is 9.29. The molecule has 0 aliphatic heterocycles. The molecule has 0 saturated carbocycles. The smallest absolute Gasteiger partial charge is 0.329 e. The van der Waals surface area contributed by atoms with Gasteiger partial charge in [0.05, 0.1) is 7.11 Å². The Kier molecular flexibility index (Phi) is 13.4. The molecule has 0 aliphatic carbocycles. The molecule has 5 nitrogen and oxygen atoms in total. The second-order valence-corrected chi connectivity index (χ2v) is 7.27. The molecule has 0 aliphatic rings. The molecule has 0 amide bonds. The van der Waals surface area contributed by atoms with E-state index in [-0.39, 0.29) is 36.0 Å². The van der Waals surface area contributed by atoms with Gasteiger partial charge in [-0.1, -0.05) is 58.3 Å². The fourth-order valence-corrected chi connectivity index (χ4v) is 2.84. The van der Waals surface area contributed by atoms with Crippen molar-refractivity contribution in [1.29, 1.82) is 0 Å². The van der Waals surface area contributed by atoms with Crippen molar-refractivity contribution in [2.45, 2.75) is 76.4 Å². The molecule has 7 heteroatoms. The molecule has 1 atom stereocenters. The monoisotopic (exact) mass is 331 g/mol. The van der Waals surface area contributed by atoms with Crippen molar-refractivity contribution in [3.8, 4) is 0 Å². The van der Waals surface area contributed by atoms with Crippen LogP contribution in [0.3, 0.4) is 0 Å². The summed E-state index contributed by atoms with van der Waals surface area (Å²) in [5.41, 5.74) is 0. The van der Waals surface area contributed by atoms with Crippen LogP contribution in [0.1, 0.15) is 71.6 Å². The van der Waals surface area contributed by atoms with Crippen molar-refractivity contribution in [2.24, 2.45) is 0 Å². The van der Waals surface area contributed by atoms with Gasteiger partial charge in [0.15, 0.2) is 4.75 Å². The molecule has 0 aromatic carbocycles. The van der Waals surface area contributed by atoms with Crippen molar-refractivity contribution in [3.63, 3.8) is 0 Å². The summed E-state index contributed by atoms with van der Waals surface area (Å²) in [6.45, 7) is 3.39. The maximum atomic E-state index is 11.6. The third-order valence-electron chi connectivity index (χ3n) is 3.69. The van der Waals surface area contributed by atoms with Gasteiger partial charge in [-0.2, -0.15) is 8.42 Å². The fraction of sp³-hybridized carbons (Fsp3) is 0.929. The summed E-state index contributed by atoms with van der Waals surface area (Å²) in [4.78, 5) is 11.6. The number of rotatable bonds is 11. The zero-order valence-electron chi connectivity index (χ0n) is 13.9. The van der Waals surface area contributed by atoms with Crippen LogP contribution in [0, 0.1) is 0 Å². The first-order valence-electron chi connectivity index (χ1n) is 7.35. The Bertz CT molecular complexity index is 383. The zero-order chi connectivity index (χ0) is 15.6. The molecular weight excluding hydrogens is 303 g/mol. The van der Waals surface area contributed by atoms with Crippen LogP contribution in [0.2, 0.25) is 0 Å². The number of carbonyl (C=O) groups excluding carboxylic acids is 1. The fourth-order valence-electron chi connectivity index (χ4n) is 2.15. The molecule has 1 radical (unpaired) electrons. The van der Waals surface area contributed by atoms with Gasteiger partial charge >= 0.3 is 5.97 Å². The summed E-state index contributed by atoms with van der Waals surface area (Å²) < 4.78 is 34.5. The second-order valence-electron chi connectivity index (χ2n) is 5.42. The van der Waals surface area contributed by atoms with Crippen molar-refractivity contribution in [3.05, 3.63) is 0 Å². The molecule has 0 spiro atoms. The van der Waals surface area contributed by atoms with E-state index in [0.29, 0.717) is 6.42 Å². The van der Waals surface area contributed by atoms with E-state index < -0.39 is 20.8 Å². The number of carbonyl (C=O) groups is 1. The first kappa shape index (κ1) is 23.6. The third-order valence-corrected chi connectivity index (χ3v) is 5.20. The standard InChI is InChI=1S/C14H28O5S.Na/c1-4-5-6-7-8-9-10-11-12-14(2,13(15)19-3)20(16,17)18;/h4-12H2,1-3H3,(H,16,17,18);. The van der Waals surface area contributed by atoms with Crippen LogP contribution in [0.25, 0.3) is 0 Å². The number of hydrogen-bond acceptors (Lipinski definition) is 4. The summed E-state index contributed by atoms with van der Waals surface area (Å²) in [6.07, 6.45) is 8.57. The van der Waals surface area contributed by atoms with E-state index in [0.717, 1.165) is 26.4 Å². The van der Waals surface area contributed by atoms with Crippen LogP contribution >= 0.6 is 0 Å². The molecule has 0 aromatic heterocycles. The quantitative estimate of drug-likeness (QED) is 0.272. The van der Waals surface area contributed by atoms with Crippen LogP contribution in [-0.4, -0.2) is 60.4 Å². The molecular formula is C14H28NaO5S. The Morgan fingerprint density at radius 2 is 1.48 bits per heavy atom. The number of hydrogen-bond donors (Lipinski definition) is 1. The Hall–Kier alpha value is 0.380. The van der Waals surface area contributed by atoms with Crippen LogP contribution in [0.5, 0.6) is 0 Å². The summed E-state index contributed by atoms with van der Waals surface area (Å²) in [7, 11) is -3.33. The molecule has 0 saturated heterocycles. The SMILES string of the molecule is CCCCCCCCCCC(C)(C(=O)OC)S(=O)(=O)O.[Na]. The van der Waals surface area contributed by atoms with Gasteiger partial charge in [-0.3, -0.25) is 9.35 Å². The predicted molar refractivity (Wildman–Crippen MR) is 85.0 cm³/mol. The summed E-state index contributed by atoms with van der Waals surface area (Å²) >= 11 is 0. The molecule has 21 heavy (non-hydrogen) atoms. The van der Waals surface area contributed by atoms with Gasteiger partial charge in [0, 0.05) is 29.6 Å². The van der Waals surface area contributed by atoms with Gasteiger partial charge in [-0.05, 0) is 13.3 Å². The van der Waals surface area contributed by atoms with E-state index in [9.17, 15) is 17.8 Å². The maximum Gasteiger partial charge on any atom is 0.329 e. The molecule has 1 N–H and O–H groups in total. The van der Waals surface area contributed by atoms with Gasteiger partial charge in [0.25, 0.3) is 10.1 Å². The normalized spacial score (nSPS) is 14.1. The molecule has 0 bridgehead atoms. The van der Waals surface area contributed by atoms with Crippen LogP contribution in [-0.2, 0) is 19.6 Å². The zero-order valence-corrected chi connectivity index (χ0v) is 16.7. The first-order valence-corrected chi connectivity index (χ1v) is 8.79. The molecule has 0 heterocycles. The van der Waals surface area contributed by atoms with Crippen LogP contribution in [0.4, 0.5) is 0 Å². The minimum absolute atomic E-state index is 0. The van der Waals surface area contributed by atoms with E-state index in [4.69, 9.17) is 0 Å². The van der Waals surface area contributed by atoms with Crippen molar-refractivity contribution < 1.29 is 22.5 Å². The summed E-state index contributed by atoms with van der Waals surface area (Å²) in [5, 5.41) is 0. The number of esters is 1. The van der Waals surface area contributed by atoms with Crippen LogP contribution in [0.15, 0.2) is 0 Å². The summed E-state index contributed by atoms with van der Waals surface area (Å²) in [5.74, 6) is -0.900. The Labute approximate surface area is 151 Å². The number of methoxy groups -OCH3 is 1. The number of unbranched alkanes of at least 4 members (excludes halogenated alkanes) is 7. The minimum atomic E-state index is -4.46. The third kappa shape index (κ3) is 8.55. The van der Waals surface area contributed by atoms with Crippen molar-refractivity contribution in [1.82, 2.24) is 0 Å².